The van der Waals surface area contributed by atoms with Crippen molar-refractivity contribution in [2.24, 2.45) is 5.92 Å². The number of carbonyl (C=O) groups is 1. The van der Waals surface area contributed by atoms with Gasteiger partial charge in [0, 0.05) is 24.9 Å². The molecule has 27 heavy (non-hydrogen) atoms. The number of piperidine rings is 1. The Hall–Kier alpha value is -1.92. The van der Waals surface area contributed by atoms with Gasteiger partial charge >= 0.3 is 0 Å². The van der Waals surface area contributed by atoms with Crippen LogP contribution in [0.4, 0.5) is 0 Å². The Morgan fingerprint density at radius 2 is 2.00 bits per heavy atom. The van der Waals surface area contributed by atoms with E-state index in [0.29, 0.717) is 24.8 Å². The third-order valence-corrected chi connectivity index (χ3v) is 4.96. The third-order valence-electron chi connectivity index (χ3n) is 4.96. The first-order chi connectivity index (χ1) is 12.7. The fourth-order valence-corrected chi connectivity index (χ4v) is 3.27. The highest BCUT2D eigenvalue weighted by molar-refractivity contribution is 5.85. The summed E-state index contributed by atoms with van der Waals surface area (Å²) in [6.45, 7) is 4.85. The molecule has 0 unspecified atom stereocenters. The van der Waals surface area contributed by atoms with E-state index in [2.05, 4.69) is 20.8 Å². The molecule has 0 aliphatic carbocycles. The van der Waals surface area contributed by atoms with Crippen LogP contribution < -0.4 is 10.6 Å². The molecule has 7 heteroatoms. The number of nitrogens with one attached hydrogen (secondary N) is 2. The van der Waals surface area contributed by atoms with Gasteiger partial charge in [-0.1, -0.05) is 24.2 Å². The standard InChI is InChI=1S/C20H28N4O2.ClH/c1-2-18-23-20(26-24-18)17-6-3-15(4-7-17)11-14-22-19(25)8-5-16-9-12-21-13-10-16;/h3-4,6-7,16,21H,2,5,8-14H2,1H3,(H,22,25);1H. The number of rotatable bonds is 8. The fraction of sp³-hybridized carbons (Fsp3) is 0.550. The van der Waals surface area contributed by atoms with Crippen LogP contribution in [0.25, 0.3) is 11.5 Å². The number of nitrogens with zero attached hydrogens (tertiary/aromatic N) is 2. The van der Waals surface area contributed by atoms with Crippen molar-refractivity contribution in [3.05, 3.63) is 35.7 Å². The average molecular weight is 393 g/mol. The molecule has 1 aliphatic rings. The van der Waals surface area contributed by atoms with E-state index in [9.17, 15) is 4.79 Å². The molecule has 2 aromatic rings. The summed E-state index contributed by atoms with van der Waals surface area (Å²) in [5.74, 6) is 2.14. The van der Waals surface area contributed by atoms with E-state index in [1.807, 2.05) is 31.2 Å². The van der Waals surface area contributed by atoms with Crippen LogP contribution in [0.3, 0.4) is 0 Å². The first-order valence-electron chi connectivity index (χ1n) is 9.64. The van der Waals surface area contributed by atoms with Crippen LogP contribution in [-0.4, -0.2) is 35.7 Å². The van der Waals surface area contributed by atoms with Gasteiger partial charge < -0.3 is 15.2 Å². The summed E-state index contributed by atoms with van der Waals surface area (Å²) >= 11 is 0. The van der Waals surface area contributed by atoms with Gasteiger partial charge in [-0.15, -0.1) is 12.4 Å². The van der Waals surface area contributed by atoms with Crippen molar-refractivity contribution in [2.75, 3.05) is 19.6 Å². The molecular formula is C20H29ClN4O2. The molecule has 6 nitrogen and oxygen atoms in total. The molecular weight excluding hydrogens is 364 g/mol. The molecule has 0 atom stereocenters. The number of aryl methyl sites for hydroxylation is 1. The van der Waals surface area contributed by atoms with Gasteiger partial charge in [-0.3, -0.25) is 4.79 Å². The quantitative estimate of drug-likeness (QED) is 0.721. The zero-order valence-electron chi connectivity index (χ0n) is 15.9. The molecule has 3 rings (SSSR count). The highest BCUT2D eigenvalue weighted by Crippen LogP contribution is 2.19. The highest BCUT2D eigenvalue weighted by Gasteiger charge is 2.14. The van der Waals surface area contributed by atoms with Gasteiger partial charge in [0.1, 0.15) is 0 Å². The van der Waals surface area contributed by atoms with Crippen molar-refractivity contribution in [2.45, 2.75) is 45.4 Å². The van der Waals surface area contributed by atoms with Gasteiger partial charge in [0.25, 0.3) is 5.89 Å². The van der Waals surface area contributed by atoms with Crippen molar-refractivity contribution < 1.29 is 9.32 Å². The Labute approximate surface area is 166 Å². The van der Waals surface area contributed by atoms with E-state index in [0.717, 1.165) is 43.7 Å². The normalized spacial score (nSPS) is 14.6. The predicted molar refractivity (Wildman–Crippen MR) is 108 cm³/mol. The summed E-state index contributed by atoms with van der Waals surface area (Å²) in [7, 11) is 0. The Morgan fingerprint density at radius 3 is 2.67 bits per heavy atom. The summed E-state index contributed by atoms with van der Waals surface area (Å²) < 4.78 is 5.25. The van der Waals surface area contributed by atoms with Crippen LogP contribution in [0, 0.1) is 5.92 Å². The number of hydrogen-bond acceptors (Lipinski definition) is 5. The molecule has 0 saturated carbocycles. The van der Waals surface area contributed by atoms with E-state index in [1.54, 1.807) is 0 Å². The first-order valence-corrected chi connectivity index (χ1v) is 9.64. The van der Waals surface area contributed by atoms with E-state index < -0.39 is 0 Å². The zero-order valence-corrected chi connectivity index (χ0v) is 16.7. The lowest BCUT2D eigenvalue weighted by atomic mass is 9.93. The molecule has 0 radical (unpaired) electrons. The maximum atomic E-state index is 12.0. The Morgan fingerprint density at radius 1 is 1.26 bits per heavy atom. The minimum atomic E-state index is 0. The topological polar surface area (TPSA) is 80.0 Å². The lowest BCUT2D eigenvalue weighted by Crippen LogP contribution is -2.30. The van der Waals surface area contributed by atoms with Gasteiger partial charge in [-0.25, -0.2) is 0 Å². The van der Waals surface area contributed by atoms with Gasteiger partial charge in [0.15, 0.2) is 5.82 Å². The number of hydrogen-bond donors (Lipinski definition) is 2. The van der Waals surface area contributed by atoms with Crippen LogP contribution in [0.1, 0.15) is 44.0 Å². The zero-order chi connectivity index (χ0) is 18.2. The number of amides is 1. The van der Waals surface area contributed by atoms with Crippen molar-refractivity contribution in [3.8, 4) is 11.5 Å². The SMILES string of the molecule is CCc1noc(-c2ccc(CCNC(=O)CCC3CCNCC3)cc2)n1.Cl. The second-order valence-corrected chi connectivity index (χ2v) is 6.90. The van der Waals surface area contributed by atoms with Crippen LogP contribution in [0.5, 0.6) is 0 Å². The highest BCUT2D eigenvalue weighted by atomic mass is 35.5. The number of benzene rings is 1. The number of aromatic nitrogens is 2. The summed E-state index contributed by atoms with van der Waals surface area (Å²) in [6, 6.07) is 8.07. The van der Waals surface area contributed by atoms with E-state index in [1.165, 1.54) is 18.4 Å². The lowest BCUT2D eigenvalue weighted by molar-refractivity contribution is -0.121. The molecule has 2 N–H and O–H groups in total. The Kier molecular flexibility index (Phi) is 8.75. The van der Waals surface area contributed by atoms with Crippen LogP contribution in [0.15, 0.2) is 28.8 Å². The second kappa shape index (κ2) is 11.0. The molecule has 1 fully saturated rings. The molecule has 1 saturated heterocycles. The molecule has 1 aromatic carbocycles. The van der Waals surface area contributed by atoms with Crippen LogP contribution in [0.2, 0.25) is 0 Å². The minimum absolute atomic E-state index is 0. The molecule has 2 heterocycles. The fourth-order valence-electron chi connectivity index (χ4n) is 3.27. The largest absolute Gasteiger partial charge is 0.356 e. The van der Waals surface area contributed by atoms with Crippen molar-refractivity contribution in [1.29, 1.82) is 0 Å². The van der Waals surface area contributed by atoms with Crippen molar-refractivity contribution >= 4 is 18.3 Å². The van der Waals surface area contributed by atoms with Gasteiger partial charge in [-0.05, 0) is 62.4 Å². The van der Waals surface area contributed by atoms with Crippen LogP contribution >= 0.6 is 12.4 Å². The molecule has 0 bridgehead atoms. The van der Waals surface area contributed by atoms with Gasteiger partial charge in [0.2, 0.25) is 5.91 Å². The van der Waals surface area contributed by atoms with E-state index in [-0.39, 0.29) is 18.3 Å². The van der Waals surface area contributed by atoms with E-state index >= 15 is 0 Å². The summed E-state index contributed by atoms with van der Waals surface area (Å²) in [5.41, 5.74) is 2.11. The summed E-state index contributed by atoms with van der Waals surface area (Å²) in [5, 5.41) is 10.3. The molecule has 0 spiro atoms. The summed E-state index contributed by atoms with van der Waals surface area (Å²) in [4.78, 5) is 16.3. The Balaban J connectivity index is 0.00000261. The second-order valence-electron chi connectivity index (χ2n) is 6.90. The molecule has 1 aromatic heterocycles. The molecule has 148 valence electrons. The van der Waals surface area contributed by atoms with Gasteiger partial charge in [-0.2, -0.15) is 4.98 Å². The lowest BCUT2D eigenvalue weighted by Gasteiger charge is -2.22. The average Bonchev–Trinajstić information content (AvgIpc) is 3.17. The maximum Gasteiger partial charge on any atom is 0.257 e. The predicted octanol–water partition coefficient (Wildman–Crippen LogP) is 3.16. The smallest absolute Gasteiger partial charge is 0.257 e. The van der Waals surface area contributed by atoms with Crippen molar-refractivity contribution in [3.63, 3.8) is 0 Å². The maximum absolute atomic E-state index is 12.0. The third kappa shape index (κ3) is 6.63. The summed E-state index contributed by atoms with van der Waals surface area (Å²) in [6.07, 6.45) is 5.62. The van der Waals surface area contributed by atoms with Gasteiger partial charge in [0.05, 0.1) is 0 Å². The van der Waals surface area contributed by atoms with E-state index in [4.69, 9.17) is 4.52 Å². The molecule has 1 aliphatic heterocycles. The molecule has 1 amide bonds. The number of halogens is 1. The van der Waals surface area contributed by atoms with Crippen LogP contribution in [-0.2, 0) is 17.6 Å². The number of carbonyl (C=O) groups excluding carboxylic acids is 1. The first kappa shape index (κ1) is 21.4. The minimum Gasteiger partial charge on any atom is -0.356 e. The van der Waals surface area contributed by atoms with Crippen molar-refractivity contribution in [1.82, 2.24) is 20.8 Å². The Bertz CT molecular complexity index is 696. The monoisotopic (exact) mass is 392 g/mol.